The number of carbonyl (C=O) groups is 1. The van der Waals surface area contributed by atoms with Crippen molar-refractivity contribution in [3.8, 4) is 0 Å². The Morgan fingerprint density at radius 1 is 1.41 bits per heavy atom. The normalized spacial score (nSPS) is 22.5. The molecule has 2 rings (SSSR count). The number of β-amino-alcohol motifs (C(OH)–C–C–N with tert-alkyl or cyclic N) is 1. The molecule has 0 aromatic heterocycles. The van der Waals surface area contributed by atoms with Crippen LogP contribution in [0.3, 0.4) is 0 Å². The average molecular weight is 309 g/mol. The number of aryl methyl sites for hydroxylation is 1. The molecule has 1 N–H and O–H groups in total. The van der Waals surface area contributed by atoms with E-state index in [4.69, 9.17) is 4.74 Å². The number of halogens is 1. The van der Waals surface area contributed by atoms with Crippen LogP contribution in [0.15, 0.2) is 18.2 Å². The largest absolute Gasteiger partial charge is 0.444 e. The monoisotopic (exact) mass is 309 g/mol. The van der Waals surface area contributed by atoms with E-state index in [2.05, 4.69) is 0 Å². The number of rotatable bonds is 1. The molecule has 1 heterocycles. The molecule has 122 valence electrons. The highest BCUT2D eigenvalue weighted by Crippen LogP contribution is 2.31. The van der Waals surface area contributed by atoms with E-state index in [0.717, 1.165) is 11.1 Å². The fourth-order valence-corrected chi connectivity index (χ4v) is 2.84. The van der Waals surface area contributed by atoms with Crippen molar-refractivity contribution >= 4 is 6.09 Å². The number of aliphatic hydroxyl groups is 1. The van der Waals surface area contributed by atoms with E-state index in [1.165, 1.54) is 17.0 Å². The zero-order chi connectivity index (χ0) is 16.5. The van der Waals surface area contributed by atoms with Gasteiger partial charge in [0.15, 0.2) is 0 Å². The van der Waals surface area contributed by atoms with E-state index in [-0.39, 0.29) is 18.3 Å². The average Bonchev–Trinajstić information content (AvgIpc) is 2.37. The van der Waals surface area contributed by atoms with Crippen LogP contribution >= 0.6 is 0 Å². The van der Waals surface area contributed by atoms with Gasteiger partial charge in [-0.1, -0.05) is 6.07 Å². The van der Waals surface area contributed by atoms with Crippen molar-refractivity contribution in [2.45, 2.75) is 51.7 Å². The first-order chi connectivity index (χ1) is 10.2. The SMILES string of the molecule is Cc1cc(F)ccc1[C@@H]1CCN(C(=O)OC(C)(C)C)C[C@H]1O. The summed E-state index contributed by atoms with van der Waals surface area (Å²) in [5.41, 5.74) is 1.22. The van der Waals surface area contributed by atoms with Gasteiger partial charge in [0.2, 0.25) is 0 Å². The van der Waals surface area contributed by atoms with Crippen LogP contribution in [0.1, 0.15) is 44.2 Å². The van der Waals surface area contributed by atoms with Crippen molar-refractivity contribution in [3.63, 3.8) is 0 Å². The Hall–Kier alpha value is -1.62. The predicted molar refractivity (Wildman–Crippen MR) is 82.3 cm³/mol. The number of piperidine rings is 1. The van der Waals surface area contributed by atoms with E-state index in [0.29, 0.717) is 13.0 Å². The van der Waals surface area contributed by atoms with E-state index < -0.39 is 17.8 Å². The quantitative estimate of drug-likeness (QED) is 0.866. The standard InChI is InChI=1S/C17H24FNO3/c1-11-9-12(18)5-6-13(11)14-7-8-19(10-15(14)20)16(21)22-17(2,3)4/h5-6,9,14-15,20H,7-8,10H2,1-4H3/t14-,15+/m0/s1. The van der Waals surface area contributed by atoms with E-state index >= 15 is 0 Å². The summed E-state index contributed by atoms with van der Waals surface area (Å²) >= 11 is 0. The molecule has 0 radical (unpaired) electrons. The van der Waals surface area contributed by atoms with Crippen LogP contribution in [0.25, 0.3) is 0 Å². The van der Waals surface area contributed by atoms with Gasteiger partial charge < -0.3 is 14.7 Å². The van der Waals surface area contributed by atoms with Gasteiger partial charge in [-0.05, 0) is 57.4 Å². The molecule has 0 unspecified atom stereocenters. The van der Waals surface area contributed by atoms with Gasteiger partial charge in [-0.25, -0.2) is 9.18 Å². The van der Waals surface area contributed by atoms with Crippen molar-refractivity contribution in [1.29, 1.82) is 0 Å². The second-order valence-electron chi connectivity index (χ2n) is 6.89. The molecule has 1 aliphatic heterocycles. The maximum Gasteiger partial charge on any atom is 0.410 e. The summed E-state index contributed by atoms with van der Waals surface area (Å²) in [7, 11) is 0. The highest BCUT2D eigenvalue weighted by Gasteiger charge is 2.33. The lowest BCUT2D eigenvalue weighted by Crippen LogP contribution is -2.47. The molecule has 1 fully saturated rings. The first-order valence-electron chi connectivity index (χ1n) is 7.59. The van der Waals surface area contributed by atoms with Crippen LogP contribution in [-0.2, 0) is 4.74 Å². The van der Waals surface area contributed by atoms with Crippen LogP contribution in [0.2, 0.25) is 0 Å². The number of nitrogens with zero attached hydrogens (tertiary/aromatic N) is 1. The second-order valence-corrected chi connectivity index (χ2v) is 6.89. The van der Waals surface area contributed by atoms with Crippen molar-refractivity contribution in [3.05, 3.63) is 35.1 Å². The molecule has 0 saturated carbocycles. The number of benzene rings is 1. The van der Waals surface area contributed by atoms with Gasteiger partial charge in [-0.2, -0.15) is 0 Å². The second kappa shape index (κ2) is 6.24. The highest BCUT2D eigenvalue weighted by molar-refractivity contribution is 5.68. The molecule has 1 aromatic rings. The summed E-state index contributed by atoms with van der Waals surface area (Å²) in [6.45, 7) is 8.04. The lowest BCUT2D eigenvalue weighted by atomic mass is 9.85. The first kappa shape index (κ1) is 16.7. The van der Waals surface area contributed by atoms with Gasteiger partial charge in [0.05, 0.1) is 12.6 Å². The summed E-state index contributed by atoms with van der Waals surface area (Å²) in [6.07, 6.45) is -0.446. The Kier molecular flexibility index (Phi) is 4.75. The number of likely N-dealkylation sites (tertiary alicyclic amines) is 1. The van der Waals surface area contributed by atoms with Crippen LogP contribution in [-0.4, -0.2) is 40.9 Å². The fourth-order valence-electron chi connectivity index (χ4n) is 2.84. The highest BCUT2D eigenvalue weighted by atomic mass is 19.1. The minimum Gasteiger partial charge on any atom is -0.444 e. The third-order valence-corrected chi connectivity index (χ3v) is 3.86. The van der Waals surface area contributed by atoms with Crippen molar-refractivity contribution < 1.29 is 19.0 Å². The molecule has 2 atom stereocenters. The Morgan fingerprint density at radius 3 is 2.64 bits per heavy atom. The minimum absolute atomic E-state index is 0.0840. The molecule has 5 heteroatoms. The molecule has 1 saturated heterocycles. The summed E-state index contributed by atoms with van der Waals surface area (Å²) in [5, 5.41) is 10.4. The Labute approximate surface area is 130 Å². The third-order valence-electron chi connectivity index (χ3n) is 3.86. The Morgan fingerprint density at radius 2 is 2.09 bits per heavy atom. The smallest absolute Gasteiger partial charge is 0.410 e. The molecule has 1 aliphatic rings. The van der Waals surface area contributed by atoms with E-state index in [9.17, 15) is 14.3 Å². The van der Waals surface area contributed by atoms with Crippen LogP contribution < -0.4 is 0 Å². The molecule has 4 nitrogen and oxygen atoms in total. The molecule has 0 aliphatic carbocycles. The first-order valence-corrected chi connectivity index (χ1v) is 7.59. The van der Waals surface area contributed by atoms with Crippen molar-refractivity contribution in [2.75, 3.05) is 13.1 Å². The molecular formula is C17H24FNO3. The van der Waals surface area contributed by atoms with Gasteiger partial charge in [0.1, 0.15) is 11.4 Å². The summed E-state index contributed by atoms with van der Waals surface area (Å²) in [5.74, 6) is -0.360. The van der Waals surface area contributed by atoms with E-state index in [1.807, 2.05) is 27.7 Å². The van der Waals surface area contributed by atoms with Crippen molar-refractivity contribution in [1.82, 2.24) is 4.90 Å². The third kappa shape index (κ3) is 3.97. The lowest BCUT2D eigenvalue weighted by Gasteiger charge is -2.37. The number of hydrogen-bond donors (Lipinski definition) is 1. The van der Waals surface area contributed by atoms with Gasteiger partial charge in [-0.3, -0.25) is 0 Å². The van der Waals surface area contributed by atoms with E-state index in [1.54, 1.807) is 6.07 Å². The predicted octanol–water partition coefficient (Wildman–Crippen LogP) is 3.22. The lowest BCUT2D eigenvalue weighted by molar-refractivity contribution is -0.00156. The fraction of sp³-hybridized carbons (Fsp3) is 0.588. The minimum atomic E-state index is -0.676. The van der Waals surface area contributed by atoms with Gasteiger partial charge in [0.25, 0.3) is 0 Å². The van der Waals surface area contributed by atoms with Crippen LogP contribution in [0.5, 0.6) is 0 Å². The maximum atomic E-state index is 13.2. The molecule has 1 amide bonds. The maximum absolute atomic E-state index is 13.2. The van der Waals surface area contributed by atoms with Gasteiger partial charge in [0, 0.05) is 12.5 Å². The molecule has 0 bridgehead atoms. The number of amides is 1. The number of ether oxygens (including phenoxy) is 1. The number of aliphatic hydroxyl groups excluding tert-OH is 1. The van der Waals surface area contributed by atoms with Gasteiger partial charge >= 0.3 is 6.09 Å². The zero-order valence-corrected chi connectivity index (χ0v) is 13.6. The summed E-state index contributed by atoms with van der Waals surface area (Å²) in [6, 6.07) is 4.61. The van der Waals surface area contributed by atoms with Gasteiger partial charge in [-0.15, -0.1) is 0 Å². The molecule has 0 spiro atoms. The van der Waals surface area contributed by atoms with Crippen molar-refractivity contribution in [2.24, 2.45) is 0 Å². The summed E-state index contributed by atoms with van der Waals surface area (Å²) in [4.78, 5) is 13.6. The molecular weight excluding hydrogens is 285 g/mol. The Balaban J connectivity index is 2.05. The zero-order valence-electron chi connectivity index (χ0n) is 13.6. The summed E-state index contributed by atoms with van der Waals surface area (Å²) < 4.78 is 18.5. The van der Waals surface area contributed by atoms with Crippen LogP contribution in [0.4, 0.5) is 9.18 Å². The molecule has 22 heavy (non-hydrogen) atoms. The molecule has 1 aromatic carbocycles. The topological polar surface area (TPSA) is 49.8 Å². The van der Waals surface area contributed by atoms with Crippen LogP contribution in [0, 0.1) is 12.7 Å². The Bertz CT molecular complexity index is 553. The number of carbonyl (C=O) groups excluding carboxylic acids is 1. The number of hydrogen-bond acceptors (Lipinski definition) is 3.